The van der Waals surface area contributed by atoms with Crippen LogP contribution < -0.4 is 10.6 Å². The normalized spacial score (nSPS) is 18.3. The van der Waals surface area contributed by atoms with E-state index in [0.717, 1.165) is 10.0 Å². The summed E-state index contributed by atoms with van der Waals surface area (Å²) in [6, 6.07) is 7.82. The van der Waals surface area contributed by atoms with Crippen LogP contribution in [-0.4, -0.2) is 24.3 Å². The van der Waals surface area contributed by atoms with Gasteiger partial charge in [-0.3, -0.25) is 19.7 Å². The van der Waals surface area contributed by atoms with Crippen molar-refractivity contribution in [3.63, 3.8) is 0 Å². The van der Waals surface area contributed by atoms with Crippen molar-refractivity contribution in [3.8, 4) is 0 Å². The Labute approximate surface area is 137 Å². The zero-order chi connectivity index (χ0) is 15.9. The first-order valence-electron chi connectivity index (χ1n) is 7.07. The molecule has 116 valence electrons. The highest BCUT2D eigenvalue weighted by Gasteiger charge is 2.28. The van der Waals surface area contributed by atoms with E-state index in [2.05, 4.69) is 26.6 Å². The number of nitrogens with one attached hydrogen (secondary N) is 2. The van der Waals surface area contributed by atoms with Gasteiger partial charge in [0.05, 0.1) is 0 Å². The summed E-state index contributed by atoms with van der Waals surface area (Å²) in [5.74, 6) is -1.21. The van der Waals surface area contributed by atoms with Crippen molar-refractivity contribution in [3.05, 3.63) is 40.4 Å². The summed E-state index contributed by atoms with van der Waals surface area (Å²) in [6.07, 6.45) is 4.62. The summed E-state index contributed by atoms with van der Waals surface area (Å²) in [5.41, 5.74) is 1.04. The van der Waals surface area contributed by atoms with Crippen molar-refractivity contribution in [2.75, 3.05) is 6.54 Å². The minimum Gasteiger partial charge on any atom is -0.353 e. The molecule has 1 unspecified atom stereocenters. The average Bonchev–Trinajstić information content (AvgIpc) is 2.48. The number of amides is 3. The molecule has 1 aliphatic heterocycles. The highest BCUT2D eigenvalue weighted by molar-refractivity contribution is 9.10. The van der Waals surface area contributed by atoms with E-state index in [4.69, 9.17) is 0 Å². The molecule has 3 amide bonds. The van der Waals surface area contributed by atoms with Gasteiger partial charge in [-0.1, -0.05) is 40.2 Å². The van der Waals surface area contributed by atoms with Crippen LogP contribution in [0, 0.1) is 5.92 Å². The fraction of sp³-hybridized carbons (Fsp3) is 0.312. The fourth-order valence-electron chi connectivity index (χ4n) is 2.17. The Bertz CT molecular complexity index is 596. The van der Waals surface area contributed by atoms with Crippen LogP contribution in [0.4, 0.5) is 0 Å². The van der Waals surface area contributed by atoms with Crippen LogP contribution in [0.3, 0.4) is 0 Å². The molecule has 0 radical (unpaired) electrons. The van der Waals surface area contributed by atoms with Crippen molar-refractivity contribution in [2.45, 2.75) is 19.3 Å². The smallest absolute Gasteiger partial charge is 0.230 e. The molecule has 0 aliphatic carbocycles. The fourth-order valence-corrected chi connectivity index (χ4v) is 2.44. The Balaban J connectivity index is 1.72. The Hall–Kier alpha value is -1.95. The summed E-state index contributed by atoms with van der Waals surface area (Å²) in [4.78, 5) is 34.4. The van der Waals surface area contributed by atoms with Gasteiger partial charge in [0.2, 0.25) is 17.7 Å². The van der Waals surface area contributed by atoms with Gasteiger partial charge >= 0.3 is 0 Å². The summed E-state index contributed by atoms with van der Waals surface area (Å²) in [7, 11) is 0. The summed E-state index contributed by atoms with van der Waals surface area (Å²) in [5, 5.41) is 5.00. The predicted octanol–water partition coefficient (Wildman–Crippen LogP) is 2.02. The topological polar surface area (TPSA) is 75.3 Å². The lowest BCUT2D eigenvalue weighted by Gasteiger charge is -2.19. The van der Waals surface area contributed by atoms with Gasteiger partial charge in [0.1, 0.15) is 0 Å². The van der Waals surface area contributed by atoms with Crippen LogP contribution >= 0.6 is 15.9 Å². The van der Waals surface area contributed by atoms with Crippen LogP contribution in [0.1, 0.15) is 24.8 Å². The number of rotatable bonds is 5. The number of imide groups is 1. The van der Waals surface area contributed by atoms with Crippen molar-refractivity contribution >= 4 is 39.7 Å². The number of hydrogen-bond acceptors (Lipinski definition) is 3. The summed E-state index contributed by atoms with van der Waals surface area (Å²) >= 11 is 3.37. The number of benzene rings is 1. The van der Waals surface area contributed by atoms with E-state index in [1.165, 1.54) is 0 Å². The molecule has 1 atom stereocenters. The van der Waals surface area contributed by atoms with Crippen molar-refractivity contribution in [2.24, 2.45) is 5.92 Å². The number of halogens is 1. The highest BCUT2D eigenvalue weighted by atomic mass is 79.9. The molecule has 0 bridgehead atoms. The molecule has 5 nitrogen and oxygen atoms in total. The van der Waals surface area contributed by atoms with Crippen LogP contribution in [0.15, 0.2) is 34.8 Å². The largest absolute Gasteiger partial charge is 0.353 e. The first-order valence-corrected chi connectivity index (χ1v) is 7.86. The molecule has 0 aromatic heterocycles. The second-order valence-electron chi connectivity index (χ2n) is 5.11. The maximum absolute atomic E-state index is 11.8. The molecule has 0 saturated carbocycles. The van der Waals surface area contributed by atoms with E-state index in [1.807, 2.05) is 36.4 Å². The first kappa shape index (κ1) is 16.4. The molecule has 2 rings (SSSR count). The van der Waals surface area contributed by atoms with Gasteiger partial charge < -0.3 is 5.32 Å². The number of hydrogen-bond donors (Lipinski definition) is 2. The molecular formula is C16H17BrN2O3. The maximum Gasteiger partial charge on any atom is 0.230 e. The number of piperidine rings is 1. The third-order valence-corrected chi connectivity index (χ3v) is 3.91. The molecule has 1 fully saturated rings. The Kier molecular flexibility index (Phi) is 5.89. The standard InChI is InChI=1S/C16H17BrN2O3/c17-13-6-3-11(4-7-13)2-1-9-18-15(21)10-12-5-8-14(20)19-16(12)22/h1-4,6-7,12H,5,8-10H2,(H,18,21)(H,19,20,22)/b2-1+. The van der Waals surface area contributed by atoms with E-state index >= 15 is 0 Å². The zero-order valence-corrected chi connectivity index (χ0v) is 13.6. The predicted molar refractivity (Wildman–Crippen MR) is 86.7 cm³/mol. The quantitative estimate of drug-likeness (QED) is 0.784. The third-order valence-electron chi connectivity index (χ3n) is 3.38. The number of carbonyl (C=O) groups is 3. The van der Waals surface area contributed by atoms with Crippen LogP contribution in [-0.2, 0) is 14.4 Å². The lowest BCUT2D eigenvalue weighted by molar-refractivity contribution is -0.138. The van der Waals surface area contributed by atoms with Gasteiger partial charge in [0.25, 0.3) is 0 Å². The second-order valence-corrected chi connectivity index (χ2v) is 6.03. The van der Waals surface area contributed by atoms with Crippen molar-refractivity contribution < 1.29 is 14.4 Å². The number of carbonyl (C=O) groups excluding carboxylic acids is 3. The van der Waals surface area contributed by atoms with Gasteiger partial charge in [0, 0.05) is 29.8 Å². The minimum atomic E-state index is -0.409. The zero-order valence-electron chi connectivity index (χ0n) is 12.0. The summed E-state index contributed by atoms with van der Waals surface area (Å²) < 4.78 is 1.02. The monoisotopic (exact) mass is 364 g/mol. The molecule has 1 aromatic carbocycles. The van der Waals surface area contributed by atoms with Crippen LogP contribution in [0.25, 0.3) is 6.08 Å². The molecule has 22 heavy (non-hydrogen) atoms. The first-order chi connectivity index (χ1) is 10.5. The second kappa shape index (κ2) is 7.89. The SMILES string of the molecule is O=C(CC1CCC(=O)NC1=O)NC/C=C/c1ccc(Br)cc1. The lowest BCUT2D eigenvalue weighted by Crippen LogP contribution is -2.42. The van der Waals surface area contributed by atoms with Crippen LogP contribution in [0.2, 0.25) is 0 Å². The molecule has 1 aromatic rings. The highest BCUT2D eigenvalue weighted by Crippen LogP contribution is 2.15. The van der Waals surface area contributed by atoms with Crippen LogP contribution in [0.5, 0.6) is 0 Å². The van der Waals surface area contributed by atoms with E-state index in [9.17, 15) is 14.4 Å². The Morgan fingerprint density at radius 2 is 2.05 bits per heavy atom. The van der Waals surface area contributed by atoms with Gasteiger partial charge in [-0.15, -0.1) is 0 Å². The average molecular weight is 365 g/mol. The molecule has 1 aliphatic rings. The lowest BCUT2D eigenvalue weighted by atomic mass is 9.94. The Morgan fingerprint density at radius 3 is 2.73 bits per heavy atom. The van der Waals surface area contributed by atoms with Crippen molar-refractivity contribution in [1.82, 2.24) is 10.6 Å². The van der Waals surface area contributed by atoms with E-state index in [-0.39, 0.29) is 24.1 Å². The van der Waals surface area contributed by atoms with Gasteiger partial charge in [-0.25, -0.2) is 0 Å². The van der Waals surface area contributed by atoms with E-state index in [0.29, 0.717) is 19.4 Å². The molecule has 1 saturated heterocycles. The van der Waals surface area contributed by atoms with Gasteiger partial charge in [-0.05, 0) is 24.1 Å². The minimum absolute atomic E-state index is 0.116. The van der Waals surface area contributed by atoms with Crippen molar-refractivity contribution in [1.29, 1.82) is 0 Å². The maximum atomic E-state index is 11.8. The molecule has 0 spiro atoms. The molecule has 2 N–H and O–H groups in total. The Morgan fingerprint density at radius 1 is 1.32 bits per heavy atom. The van der Waals surface area contributed by atoms with Gasteiger partial charge in [0.15, 0.2) is 0 Å². The third kappa shape index (κ3) is 5.11. The molecule has 1 heterocycles. The van der Waals surface area contributed by atoms with E-state index in [1.54, 1.807) is 0 Å². The summed E-state index contributed by atoms with van der Waals surface area (Å²) in [6.45, 7) is 0.405. The van der Waals surface area contributed by atoms with Gasteiger partial charge in [-0.2, -0.15) is 0 Å². The molecule has 6 heteroatoms. The molecular weight excluding hydrogens is 348 g/mol. The van der Waals surface area contributed by atoms with E-state index < -0.39 is 5.92 Å².